The van der Waals surface area contributed by atoms with Crippen molar-refractivity contribution in [3.63, 3.8) is 0 Å². The van der Waals surface area contributed by atoms with Gasteiger partial charge in [-0.25, -0.2) is 9.97 Å². The molecule has 8 aromatic carbocycles. The highest BCUT2D eigenvalue weighted by Crippen LogP contribution is 2.67. The average molecular weight is 883 g/mol. The number of nitrogens with zero attached hydrogens (tertiary/aromatic N) is 4. The number of imidazole rings is 1. The maximum atomic E-state index is 5.70. The van der Waals surface area contributed by atoms with E-state index in [1.165, 1.54) is 71.4 Å². The third-order valence-electron chi connectivity index (χ3n) is 15.9. The fourth-order valence-corrected chi connectivity index (χ4v) is 13.2. The van der Waals surface area contributed by atoms with Gasteiger partial charge in [0, 0.05) is 50.8 Å². The molecule has 2 unspecified atom stereocenters. The second kappa shape index (κ2) is 14.6. The molecule has 4 aliphatic carbocycles. The largest absolute Gasteiger partial charge is 0.309 e. The minimum Gasteiger partial charge on any atom is -0.309 e. The topological polar surface area (TPSA) is 35.6 Å². The van der Waals surface area contributed by atoms with Gasteiger partial charge >= 0.3 is 0 Å². The summed E-state index contributed by atoms with van der Waals surface area (Å²) >= 11 is 0. The van der Waals surface area contributed by atoms with Crippen molar-refractivity contribution in [2.75, 3.05) is 0 Å². The zero-order chi connectivity index (χ0) is 45.4. The minimum absolute atomic E-state index is 0.247. The van der Waals surface area contributed by atoms with Crippen molar-refractivity contribution in [1.82, 2.24) is 19.1 Å². The first-order valence-corrected chi connectivity index (χ1v) is 24.6. The van der Waals surface area contributed by atoms with E-state index < -0.39 is 0 Å². The van der Waals surface area contributed by atoms with Crippen LogP contribution >= 0.6 is 0 Å². The lowest BCUT2D eigenvalue weighted by Gasteiger charge is -2.35. The molecule has 0 aliphatic heterocycles. The van der Waals surface area contributed by atoms with E-state index in [2.05, 4.69) is 222 Å². The number of hydrogen-bond acceptors (Lipinski definition) is 2. The molecular weight excluding hydrogens is 837 g/mol. The number of aryl methyl sites for hydroxylation is 1. The Hall–Kier alpha value is -8.34. The predicted octanol–water partition coefficient (Wildman–Crippen LogP) is 16.1. The Morgan fingerprint density at radius 1 is 0.565 bits per heavy atom. The Morgan fingerprint density at radius 2 is 1.28 bits per heavy atom. The molecule has 0 radical (unpaired) electrons. The Balaban J connectivity index is 1.00. The van der Waals surface area contributed by atoms with Crippen LogP contribution in [-0.4, -0.2) is 19.1 Å². The summed E-state index contributed by atoms with van der Waals surface area (Å²) in [5.41, 5.74) is 22.1. The van der Waals surface area contributed by atoms with Crippen LogP contribution in [0.25, 0.3) is 93.8 Å². The van der Waals surface area contributed by atoms with E-state index in [1.54, 1.807) is 5.57 Å². The van der Waals surface area contributed by atoms with Gasteiger partial charge in [-0.2, -0.15) is 0 Å². The number of aromatic nitrogens is 4. The molecule has 3 aromatic heterocycles. The van der Waals surface area contributed by atoms with E-state index in [1.807, 2.05) is 0 Å². The molecule has 326 valence electrons. The molecule has 0 amide bonds. The van der Waals surface area contributed by atoms with Gasteiger partial charge in [0.2, 0.25) is 0 Å². The monoisotopic (exact) mass is 882 g/mol. The molecular formula is C65H46N4. The molecule has 0 saturated heterocycles. The van der Waals surface area contributed by atoms with Gasteiger partial charge in [0.25, 0.3) is 0 Å². The van der Waals surface area contributed by atoms with Crippen LogP contribution in [0, 0.1) is 0 Å². The summed E-state index contributed by atoms with van der Waals surface area (Å²) in [6.45, 7) is 2.18. The molecule has 0 saturated carbocycles. The van der Waals surface area contributed by atoms with Gasteiger partial charge in [0.1, 0.15) is 5.82 Å². The van der Waals surface area contributed by atoms with Gasteiger partial charge in [0.05, 0.1) is 38.7 Å². The van der Waals surface area contributed by atoms with Crippen molar-refractivity contribution in [3.05, 3.63) is 246 Å². The Morgan fingerprint density at radius 3 is 2.09 bits per heavy atom. The third-order valence-corrected chi connectivity index (χ3v) is 15.9. The summed E-state index contributed by atoms with van der Waals surface area (Å²) in [7, 11) is 0. The molecule has 0 N–H and O–H groups in total. The number of allylic oxidation sites excluding steroid dienone is 8. The fourth-order valence-electron chi connectivity index (χ4n) is 13.2. The smallest absolute Gasteiger partial charge is 0.114 e. The van der Waals surface area contributed by atoms with Gasteiger partial charge in [0.15, 0.2) is 0 Å². The van der Waals surface area contributed by atoms with Crippen LogP contribution in [0.3, 0.4) is 0 Å². The van der Waals surface area contributed by atoms with Gasteiger partial charge in [-0.1, -0.05) is 153 Å². The Kier molecular flexibility index (Phi) is 8.18. The summed E-state index contributed by atoms with van der Waals surface area (Å²) in [6.07, 6.45) is 15.9. The average Bonchev–Trinajstić information content (AvgIpc) is 4.14. The maximum absolute atomic E-state index is 5.70. The van der Waals surface area contributed by atoms with Crippen LogP contribution in [-0.2, 0) is 11.8 Å². The summed E-state index contributed by atoms with van der Waals surface area (Å²) in [6, 6.07) is 65.4. The molecule has 1 spiro atoms. The van der Waals surface area contributed by atoms with E-state index in [-0.39, 0.29) is 11.3 Å². The summed E-state index contributed by atoms with van der Waals surface area (Å²) in [5.74, 6) is 1.31. The standard InChI is InChI=1S/C65H46N4/c1-2-61-66-57-27-13-16-30-60(57)69(61)43-33-31-40(32-34-43)41-37-42(39-44(38-41)68-58-28-14-7-19-47(58)48-20-8-15-29-59(48)68)64-51-35-36-55-63(62(51)50-22-6-12-26-56(50)67-64)49-21-5-11-25-54(49)65(55)52-23-9-3-17-45(52)46-18-4-10-24-53(46)65/h3-9,11-20,22-23,25-39,49H,2,10,21,24H2,1H3. The summed E-state index contributed by atoms with van der Waals surface area (Å²) < 4.78 is 4.76. The first-order valence-electron chi connectivity index (χ1n) is 24.6. The minimum atomic E-state index is -0.295. The first-order chi connectivity index (χ1) is 34.2. The summed E-state index contributed by atoms with van der Waals surface area (Å²) in [5, 5.41) is 6.24. The first kappa shape index (κ1) is 38.7. The van der Waals surface area contributed by atoms with Crippen molar-refractivity contribution < 1.29 is 0 Å². The molecule has 15 rings (SSSR count). The lowest BCUT2D eigenvalue weighted by atomic mass is 9.66. The molecule has 2 atom stereocenters. The molecule has 4 nitrogen and oxygen atoms in total. The Labute approximate surface area is 400 Å². The van der Waals surface area contributed by atoms with Crippen LogP contribution in [0.15, 0.2) is 217 Å². The van der Waals surface area contributed by atoms with Crippen LogP contribution in [0.5, 0.6) is 0 Å². The third kappa shape index (κ3) is 5.29. The second-order valence-corrected chi connectivity index (χ2v) is 19.3. The zero-order valence-corrected chi connectivity index (χ0v) is 38.3. The molecule has 69 heavy (non-hydrogen) atoms. The van der Waals surface area contributed by atoms with Gasteiger partial charge in [-0.05, 0) is 135 Å². The number of benzene rings is 8. The molecule has 4 aliphatic rings. The number of hydrogen-bond donors (Lipinski definition) is 0. The predicted molar refractivity (Wildman–Crippen MR) is 286 cm³/mol. The highest BCUT2D eigenvalue weighted by molar-refractivity contribution is 6.15. The van der Waals surface area contributed by atoms with Gasteiger partial charge in [-0.15, -0.1) is 0 Å². The molecule has 11 aromatic rings. The fraction of sp³-hybridized carbons (Fsp3) is 0.108. The van der Waals surface area contributed by atoms with E-state index >= 15 is 0 Å². The van der Waals surface area contributed by atoms with Crippen molar-refractivity contribution in [3.8, 4) is 33.8 Å². The highest BCUT2D eigenvalue weighted by atomic mass is 15.1. The van der Waals surface area contributed by atoms with Crippen molar-refractivity contribution in [2.24, 2.45) is 0 Å². The molecule has 3 heterocycles. The van der Waals surface area contributed by atoms with Crippen molar-refractivity contribution in [2.45, 2.75) is 43.9 Å². The molecule has 4 heteroatoms. The van der Waals surface area contributed by atoms with Crippen LogP contribution in [0.2, 0.25) is 0 Å². The lowest BCUT2D eigenvalue weighted by molar-refractivity contribution is 0.662. The number of rotatable bonds is 5. The van der Waals surface area contributed by atoms with E-state index in [0.717, 1.165) is 81.8 Å². The number of para-hydroxylation sites is 5. The van der Waals surface area contributed by atoms with Crippen molar-refractivity contribution in [1.29, 1.82) is 0 Å². The molecule has 0 fully saturated rings. The van der Waals surface area contributed by atoms with Crippen LogP contribution < -0.4 is 0 Å². The normalized spacial score (nSPS) is 17.9. The number of pyridine rings is 1. The van der Waals surface area contributed by atoms with Crippen molar-refractivity contribution >= 4 is 60.1 Å². The van der Waals surface area contributed by atoms with Crippen LogP contribution in [0.4, 0.5) is 0 Å². The quantitative estimate of drug-likeness (QED) is 0.161. The second-order valence-electron chi connectivity index (χ2n) is 19.3. The van der Waals surface area contributed by atoms with E-state index in [4.69, 9.17) is 9.97 Å². The van der Waals surface area contributed by atoms with E-state index in [0.29, 0.717) is 0 Å². The summed E-state index contributed by atoms with van der Waals surface area (Å²) in [4.78, 5) is 10.7. The van der Waals surface area contributed by atoms with Gasteiger partial charge in [-0.3, -0.25) is 4.57 Å². The van der Waals surface area contributed by atoms with Gasteiger partial charge < -0.3 is 4.57 Å². The lowest BCUT2D eigenvalue weighted by Crippen LogP contribution is -2.29. The highest BCUT2D eigenvalue weighted by Gasteiger charge is 2.56. The number of fused-ring (bicyclic) bond motifs is 17. The maximum Gasteiger partial charge on any atom is 0.114 e. The SMILES string of the molecule is CCc1nc2ccccc2n1-c1ccc(-c2cc(-c3nc4ccccc4c4c5c(ccc34)C3(C4=CC=CCC45)C4=C(C=CCC4)c4ccccc43)cc(-n3c4ccccc4c4ccccc43)c2)cc1. The zero-order valence-electron chi connectivity index (χ0n) is 38.3. The van der Waals surface area contributed by atoms with Crippen LogP contribution in [0.1, 0.15) is 60.2 Å². The Bertz CT molecular complexity index is 4100. The van der Waals surface area contributed by atoms with E-state index in [9.17, 15) is 0 Å². The molecule has 0 bridgehead atoms.